The zero-order valence-electron chi connectivity index (χ0n) is 84.7. The molecule has 0 aliphatic heterocycles. The van der Waals surface area contributed by atoms with Gasteiger partial charge in [0.25, 0.3) is 0 Å². The summed E-state index contributed by atoms with van der Waals surface area (Å²) in [7, 11) is 6.10. The molecule has 0 aliphatic carbocycles. The highest BCUT2D eigenvalue weighted by Crippen LogP contribution is 2.46. The predicted octanol–water partition coefficient (Wildman–Crippen LogP) is 23.1. The van der Waals surface area contributed by atoms with Crippen LogP contribution < -0.4 is 18.9 Å². The largest absolute Gasteiger partial charge is 0.497 e. The Hall–Kier alpha value is -8.02. The van der Waals surface area contributed by atoms with Gasteiger partial charge in [0.05, 0.1) is 66.1 Å². The van der Waals surface area contributed by atoms with E-state index in [-0.39, 0.29) is 26.3 Å². The SMILES string of the molecule is C=CC(C)(C)[C@@H](O)c1cc(CCl)ccc1-c1cc(OC)ccc1F.C=CC(C)(C)[C@@H](O)c1cc(CO)ccc1-c1cc(OC)ccc1F.C=CC(C)(C)[C@H](O)c1cc(CCl)ccc1-c1cc(OC)ccc1F.C=CC(C)(C)[C@H](O)c1cc(CO)ccc1-c1cc(OC)ccc1F.[3HH].[3H][3H].[3H][3H].[3H][3H].[3H][3H].[3H][3H].[3H][3H].[3H][3H].[3H][3H].[3H][3H].[3H][3H].[3H][3H].[3H][3H].[3H][3H].[3H][3H]. The molecule has 6 N–H and O–H groups in total. The minimum absolute atomic E-state index is 0. The van der Waals surface area contributed by atoms with Crippen LogP contribution in [-0.4, -0.2) is 59.1 Å². The molecule has 8 aromatic rings. The maximum absolute atomic E-state index is 14.4. The first kappa shape index (κ1) is 59.3. The summed E-state index contributed by atoms with van der Waals surface area (Å²) in [6.07, 6.45) is 3.21. The molecular formula is C80H120Cl2F4O10. The molecule has 10 nitrogen and oxygen atoms in total. The molecule has 8 rings (SSSR count). The fourth-order valence-corrected chi connectivity index (χ4v) is 10.4. The van der Waals surface area contributed by atoms with E-state index in [0.717, 1.165) is 11.1 Å². The van der Waals surface area contributed by atoms with Crippen molar-refractivity contribution in [2.75, 3.05) is 28.4 Å². The molecule has 0 amide bonds. The molecule has 8 aromatic carbocycles. The molecule has 0 bridgehead atoms. The molecule has 0 aliphatic rings. The molecule has 96 heavy (non-hydrogen) atoms. The Morgan fingerprint density at radius 2 is 0.552 bits per heavy atom. The molecule has 0 unspecified atom stereocenters. The quantitative estimate of drug-likeness (QED) is 0.0195. The fraction of sp³-hybridized carbons (Fsp3) is 0.300. The van der Waals surface area contributed by atoms with Gasteiger partial charge in [-0.25, -0.2) is 17.6 Å². The minimum atomic E-state index is -0.901. The normalized spacial score (nSPS) is 13.9. The van der Waals surface area contributed by atoms with E-state index in [4.69, 9.17) is 83.7 Å². The lowest BCUT2D eigenvalue weighted by Gasteiger charge is -2.29. The van der Waals surface area contributed by atoms with Crippen molar-refractivity contribution in [2.24, 2.45) is 21.7 Å². The lowest BCUT2D eigenvalue weighted by Crippen LogP contribution is -2.20. The van der Waals surface area contributed by atoms with Crippen LogP contribution in [0.1, 0.15) is 167 Å². The molecule has 0 radical (unpaired) electrons. The molecule has 0 heterocycles. The van der Waals surface area contributed by atoms with Gasteiger partial charge in [-0.3, -0.25) is 0 Å². The summed E-state index contributed by atoms with van der Waals surface area (Å²) in [5.74, 6) is 1.23. The van der Waals surface area contributed by atoms with E-state index < -0.39 is 57.7 Å². The van der Waals surface area contributed by atoms with Crippen molar-refractivity contribution in [1.29, 1.82) is 0 Å². The first-order valence-corrected chi connectivity index (χ1v) is 31.9. The third-order valence-electron chi connectivity index (χ3n) is 17.1. The Labute approximate surface area is 618 Å². The minimum Gasteiger partial charge on any atom is -0.497 e. The van der Waals surface area contributed by atoms with Crippen LogP contribution in [0.2, 0.25) is 0 Å². The average Bonchev–Trinajstić information content (AvgIpc) is 0.802. The van der Waals surface area contributed by atoms with Gasteiger partial charge in [-0.1, -0.05) is 152 Å². The first-order chi connectivity index (χ1) is 59.3. The van der Waals surface area contributed by atoms with Crippen molar-refractivity contribution in [2.45, 2.75) is 105 Å². The lowest BCUT2D eigenvalue weighted by atomic mass is 9.79. The molecule has 0 aromatic heterocycles. The van der Waals surface area contributed by atoms with Gasteiger partial charge in [0.15, 0.2) is 0 Å². The number of rotatable bonds is 24. The zero-order chi connectivity index (χ0) is 99.6. The number of ether oxygens (including phenoxy) is 4. The van der Waals surface area contributed by atoms with E-state index in [1.54, 1.807) is 121 Å². The van der Waals surface area contributed by atoms with Crippen LogP contribution in [0.4, 0.5) is 17.6 Å². The van der Waals surface area contributed by atoms with Gasteiger partial charge in [-0.2, -0.15) is 0 Å². The molecule has 0 saturated heterocycles. The number of alkyl halides is 2. The van der Waals surface area contributed by atoms with Crippen LogP contribution in [0.3, 0.4) is 0 Å². The van der Waals surface area contributed by atoms with E-state index in [1.165, 1.54) is 52.7 Å². The van der Waals surface area contributed by atoms with E-state index in [0.29, 0.717) is 113 Å². The molecule has 0 saturated carbocycles. The molecular weight excluding hydrogens is 1270 g/mol. The van der Waals surface area contributed by atoms with E-state index >= 15 is 0 Å². The third kappa shape index (κ3) is 19.2. The van der Waals surface area contributed by atoms with Crippen molar-refractivity contribution >= 4 is 23.2 Å². The highest BCUT2D eigenvalue weighted by molar-refractivity contribution is 6.17. The monoisotopic (exact) mass is 1450 g/mol. The second-order valence-electron chi connectivity index (χ2n) is 25.4. The summed E-state index contributed by atoms with van der Waals surface area (Å²) in [5, 5.41) is 62.2. The Morgan fingerprint density at radius 3 is 0.729 bits per heavy atom. The van der Waals surface area contributed by atoms with Crippen LogP contribution in [-0.2, 0) is 25.0 Å². The molecule has 0 spiro atoms. The maximum Gasteiger partial charge on any atom is 0.131 e. The lowest BCUT2D eigenvalue weighted by molar-refractivity contribution is 0.0825. The summed E-state index contributed by atoms with van der Waals surface area (Å²) in [5.41, 5.74) is 6.74. The standard InChI is InChI=1S/2C20H22ClFO2.2C20H23FO3.15H2/c2*1-5-20(2,3)19(23)17-10-13(12-21)6-8-15(17)16-11-14(24-4)7-9-18(16)22;2*1-5-20(2,3)19(23)17-10-13(12-22)6-8-15(17)16-11-14(24-4)7-9-18(16)21;;;;;;;;;;;;;;;/h2*5-11,19,23H,1,12H2,2-4H3;2*5-11,19,22-23H,1,12H2,2-4H3;15*1H/t4*19-;;;;;;;;;;;;;;;/m1010.............../s1/i;;;;14*1+2T;1+2. The molecule has 542 valence electrons. The number of hydrogen-bond donors (Lipinski definition) is 6. The van der Waals surface area contributed by atoms with E-state index in [1.807, 2.05) is 79.7 Å². The van der Waals surface area contributed by atoms with Crippen LogP contribution in [0.5, 0.6) is 23.0 Å². The molecule has 16 heteroatoms. The van der Waals surface area contributed by atoms with E-state index in [9.17, 15) is 48.2 Å². The van der Waals surface area contributed by atoms with Gasteiger partial charge < -0.3 is 49.6 Å². The van der Waals surface area contributed by atoms with Crippen molar-refractivity contribution in [3.05, 3.63) is 264 Å². The Morgan fingerprint density at radius 1 is 0.354 bits per heavy atom. The third-order valence-corrected chi connectivity index (χ3v) is 17.7. The van der Waals surface area contributed by atoms with Gasteiger partial charge in [0.2, 0.25) is 0 Å². The van der Waals surface area contributed by atoms with Crippen molar-refractivity contribution in [3.63, 3.8) is 0 Å². The molecule has 0 fully saturated rings. The predicted molar refractivity (Wildman–Crippen MR) is 412 cm³/mol. The van der Waals surface area contributed by atoms with Crippen molar-refractivity contribution < 1.29 is 110 Å². The first-order valence-electron chi connectivity index (χ1n) is 44.8. The second kappa shape index (κ2) is 34.8. The van der Waals surface area contributed by atoms with Gasteiger partial charge in [-0.15, -0.1) is 49.5 Å². The second-order valence-corrected chi connectivity index (χ2v) is 25.9. The maximum atomic E-state index is 14.4. The van der Waals surface area contributed by atoms with Crippen LogP contribution in [0.15, 0.2) is 196 Å². The van der Waals surface area contributed by atoms with Gasteiger partial charge >= 0.3 is 0 Å². The summed E-state index contributed by atoms with van der Waals surface area (Å²) in [6.45, 7) is 29.7. The summed E-state index contributed by atoms with van der Waals surface area (Å²) >= 11 is 11.9. The van der Waals surface area contributed by atoms with Crippen LogP contribution >= 0.6 is 23.2 Å². The number of hydrogen-bond acceptors (Lipinski definition) is 10. The average molecular weight is 1450 g/mol. The number of aliphatic hydroxyl groups excluding tert-OH is 6. The van der Waals surface area contributed by atoms with Crippen molar-refractivity contribution in [3.8, 4) is 67.5 Å². The van der Waals surface area contributed by atoms with Crippen LogP contribution in [0.25, 0.3) is 44.5 Å². The smallest absolute Gasteiger partial charge is 0.131 e. The van der Waals surface area contributed by atoms with Crippen molar-refractivity contribution in [1.82, 2.24) is 0 Å². The Kier molecular flexibility index (Phi) is 21.5. The fourth-order valence-electron chi connectivity index (χ4n) is 10.1. The topological polar surface area (TPSA) is 158 Å². The summed E-state index contributed by atoms with van der Waals surface area (Å²) in [6, 6.07) is 39.2. The zero-order valence-corrected chi connectivity index (χ0v) is 58.2. The van der Waals surface area contributed by atoms with Gasteiger partial charge in [0.1, 0.15) is 46.3 Å². The van der Waals surface area contributed by atoms with E-state index in [2.05, 4.69) is 26.3 Å². The van der Waals surface area contributed by atoms with Crippen LogP contribution in [0, 0.1) is 44.9 Å². The number of halogens is 6. The summed E-state index contributed by atoms with van der Waals surface area (Å²) in [4.78, 5) is 0. The number of methoxy groups -OCH3 is 4. The highest BCUT2D eigenvalue weighted by atomic mass is 35.5. The highest BCUT2D eigenvalue weighted by Gasteiger charge is 2.33. The summed E-state index contributed by atoms with van der Waals surface area (Å²) < 4.78 is 218. The van der Waals surface area contributed by atoms with Gasteiger partial charge in [-0.05, 0) is 140 Å². The van der Waals surface area contributed by atoms with Gasteiger partial charge in [0, 0.05) is 98.7 Å². The number of benzene rings is 8. The Bertz CT molecular complexity index is 3560. The Balaban J connectivity index is -0.000000140. The molecule has 4 atom stereocenters. The number of aliphatic hydroxyl groups is 6.